The van der Waals surface area contributed by atoms with Gasteiger partial charge in [0.15, 0.2) is 6.29 Å². The fraction of sp³-hybridized carbons (Fsp3) is 0.500. The van der Waals surface area contributed by atoms with Crippen molar-refractivity contribution < 1.29 is 14.6 Å². The minimum Gasteiger partial charge on any atom is -0.385 e. The van der Waals surface area contributed by atoms with Crippen molar-refractivity contribution in [2.24, 2.45) is 0 Å². The lowest BCUT2D eigenvalue weighted by atomic mass is 9.72. The van der Waals surface area contributed by atoms with E-state index in [0.717, 1.165) is 30.5 Å². The van der Waals surface area contributed by atoms with Gasteiger partial charge in [-0.05, 0) is 42.9 Å². The molecule has 2 bridgehead atoms. The molecule has 5 rings (SSSR count). The third kappa shape index (κ3) is 3.50. The molecule has 3 heterocycles. The predicted molar refractivity (Wildman–Crippen MR) is 108 cm³/mol. The molecule has 2 aromatic rings. The lowest BCUT2D eigenvalue weighted by Crippen LogP contribution is -2.56. The van der Waals surface area contributed by atoms with E-state index in [1.54, 1.807) is 0 Å². The number of hydrogen-bond donors (Lipinski definition) is 1. The van der Waals surface area contributed by atoms with Gasteiger partial charge in [-0.2, -0.15) is 0 Å². The van der Waals surface area contributed by atoms with Gasteiger partial charge in [0.05, 0.1) is 18.8 Å². The Morgan fingerprint density at radius 3 is 2.36 bits per heavy atom. The number of rotatable bonds is 4. The van der Waals surface area contributed by atoms with Crippen LogP contribution in [-0.4, -0.2) is 35.3 Å². The van der Waals surface area contributed by atoms with Crippen LogP contribution in [-0.2, 0) is 21.6 Å². The Morgan fingerprint density at radius 2 is 1.64 bits per heavy atom. The Balaban J connectivity index is 1.38. The monoisotopic (exact) mass is 379 g/mol. The summed E-state index contributed by atoms with van der Waals surface area (Å²) in [6.45, 7) is 2.26. The molecule has 4 heteroatoms. The average Bonchev–Trinajstić information content (AvgIpc) is 3.25. The molecule has 3 fully saturated rings. The van der Waals surface area contributed by atoms with E-state index in [9.17, 15) is 5.11 Å². The Bertz CT molecular complexity index is 789. The molecular formula is C24H29NO3. The van der Waals surface area contributed by atoms with Gasteiger partial charge in [-0.15, -0.1) is 0 Å². The second kappa shape index (κ2) is 7.60. The minimum atomic E-state index is -0.766. The molecule has 28 heavy (non-hydrogen) atoms. The van der Waals surface area contributed by atoms with Crippen LogP contribution >= 0.6 is 0 Å². The molecule has 4 nitrogen and oxygen atoms in total. The van der Waals surface area contributed by atoms with Gasteiger partial charge in [-0.1, -0.05) is 55.0 Å². The van der Waals surface area contributed by atoms with Crippen LogP contribution in [0.4, 0.5) is 0 Å². The van der Waals surface area contributed by atoms with E-state index < -0.39 is 5.60 Å². The Labute approximate surface area is 167 Å². The van der Waals surface area contributed by atoms with Gasteiger partial charge in [0.25, 0.3) is 0 Å². The summed E-state index contributed by atoms with van der Waals surface area (Å²) in [6, 6.07) is 19.8. The first kappa shape index (κ1) is 18.3. The van der Waals surface area contributed by atoms with Crippen molar-refractivity contribution in [3.63, 3.8) is 0 Å². The molecule has 3 aliphatic rings. The first-order chi connectivity index (χ1) is 13.7. The zero-order valence-electron chi connectivity index (χ0n) is 16.3. The molecule has 0 spiro atoms. The quantitative estimate of drug-likeness (QED) is 0.867. The molecule has 0 aliphatic carbocycles. The zero-order valence-corrected chi connectivity index (χ0v) is 16.3. The van der Waals surface area contributed by atoms with Crippen molar-refractivity contribution in [3.05, 3.63) is 71.3 Å². The summed E-state index contributed by atoms with van der Waals surface area (Å²) in [5.41, 5.74) is 2.63. The van der Waals surface area contributed by atoms with Crippen molar-refractivity contribution in [3.8, 4) is 0 Å². The van der Waals surface area contributed by atoms with Crippen LogP contribution in [0.15, 0.2) is 54.6 Å². The first-order valence-electron chi connectivity index (χ1n) is 10.6. The van der Waals surface area contributed by atoms with Crippen molar-refractivity contribution in [2.45, 2.75) is 62.6 Å². The maximum atomic E-state index is 11.7. The van der Waals surface area contributed by atoms with E-state index in [1.165, 1.54) is 24.8 Å². The summed E-state index contributed by atoms with van der Waals surface area (Å²) >= 11 is 0. The van der Waals surface area contributed by atoms with Gasteiger partial charge in [0.2, 0.25) is 0 Å². The fourth-order valence-corrected chi connectivity index (χ4v) is 5.33. The average molecular weight is 380 g/mol. The van der Waals surface area contributed by atoms with Gasteiger partial charge < -0.3 is 14.6 Å². The lowest BCUT2D eigenvalue weighted by Gasteiger charge is -2.52. The number of piperidine rings is 2. The molecule has 1 N–H and O–H groups in total. The summed E-state index contributed by atoms with van der Waals surface area (Å²) in [4.78, 5) is 2.64. The predicted octanol–water partition coefficient (Wildman–Crippen LogP) is 4.14. The molecular weight excluding hydrogens is 350 g/mol. The van der Waals surface area contributed by atoms with E-state index in [0.29, 0.717) is 25.3 Å². The summed E-state index contributed by atoms with van der Waals surface area (Å²) in [5, 5.41) is 11.7. The second-order valence-electron chi connectivity index (χ2n) is 8.54. The van der Waals surface area contributed by atoms with E-state index in [4.69, 9.17) is 9.47 Å². The smallest absolute Gasteiger partial charge is 0.184 e. The van der Waals surface area contributed by atoms with Gasteiger partial charge in [0.1, 0.15) is 0 Å². The highest BCUT2D eigenvalue weighted by Gasteiger charge is 2.46. The van der Waals surface area contributed by atoms with Crippen molar-refractivity contribution in [2.75, 3.05) is 13.2 Å². The van der Waals surface area contributed by atoms with Crippen LogP contribution in [0.5, 0.6) is 0 Å². The fourth-order valence-electron chi connectivity index (χ4n) is 5.33. The summed E-state index contributed by atoms with van der Waals surface area (Å²) in [7, 11) is 0. The van der Waals surface area contributed by atoms with Gasteiger partial charge >= 0.3 is 0 Å². The second-order valence-corrected chi connectivity index (χ2v) is 8.54. The van der Waals surface area contributed by atoms with Crippen LogP contribution in [0.2, 0.25) is 0 Å². The molecule has 0 radical (unpaired) electrons. The van der Waals surface area contributed by atoms with Crippen LogP contribution in [0.25, 0.3) is 0 Å². The van der Waals surface area contributed by atoms with Crippen molar-refractivity contribution in [1.82, 2.24) is 4.90 Å². The maximum Gasteiger partial charge on any atom is 0.184 e. The number of fused-ring (bicyclic) bond motifs is 2. The Morgan fingerprint density at radius 1 is 0.929 bits per heavy atom. The topological polar surface area (TPSA) is 41.9 Å². The van der Waals surface area contributed by atoms with Crippen LogP contribution in [0.1, 0.15) is 55.1 Å². The van der Waals surface area contributed by atoms with Gasteiger partial charge in [0, 0.05) is 24.2 Å². The van der Waals surface area contributed by atoms with Crippen molar-refractivity contribution >= 4 is 0 Å². The molecule has 0 amide bonds. The molecule has 3 saturated heterocycles. The normalized spacial score (nSPS) is 31.2. The third-order valence-electron chi connectivity index (χ3n) is 6.69. The molecule has 2 unspecified atom stereocenters. The van der Waals surface area contributed by atoms with E-state index in [-0.39, 0.29) is 6.29 Å². The number of hydrogen-bond acceptors (Lipinski definition) is 4. The summed E-state index contributed by atoms with van der Waals surface area (Å²) < 4.78 is 11.3. The number of aliphatic hydroxyl groups is 1. The number of nitrogens with zero attached hydrogens (tertiary/aromatic N) is 1. The highest BCUT2D eigenvalue weighted by molar-refractivity contribution is 5.31. The largest absolute Gasteiger partial charge is 0.385 e. The Hall–Kier alpha value is -1.72. The van der Waals surface area contributed by atoms with Crippen LogP contribution in [0.3, 0.4) is 0 Å². The molecule has 0 aromatic heterocycles. The molecule has 2 aromatic carbocycles. The number of benzene rings is 2. The molecule has 0 saturated carbocycles. The third-order valence-corrected chi connectivity index (χ3v) is 6.69. The maximum absolute atomic E-state index is 11.7. The zero-order chi connectivity index (χ0) is 19.0. The summed E-state index contributed by atoms with van der Waals surface area (Å²) in [5.74, 6) is 0. The summed E-state index contributed by atoms with van der Waals surface area (Å²) in [6.07, 6.45) is 4.90. The SMILES string of the molecule is OC1(c2cccc(C3OCCO3)c2)CC2CCCC(C1)N2Cc1ccccc1. The first-order valence-corrected chi connectivity index (χ1v) is 10.6. The van der Waals surface area contributed by atoms with Gasteiger partial charge in [-0.25, -0.2) is 0 Å². The Kier molecular flexibility index (Phi) is 4.97. The standard InChI is InChI=1S/C24H29NO3/c26-24(20-9-4-8-19(14-20)23-27-12-13-28-23)15-21-10-5-11-22(16-24)25(21)17-18-6-2-1-3-7-18/h1-4,6-9,14,21-23,26H,5,10-13,15-17H2. The van der Waals surface area contributed by atoms with E-state index in [1.807, 2.05) is 12.1 Å². The number of ether oxygens (including phenoxy) is 2. The molecule has 148 valence electrons. The van der Waals surface area contributed by atoms with Crippen molar-refractivity contribution in [1.29, 1.82) is 0 Å². The highest BCUT2D eigenvalue weighted by Crippen LogP contribution is 2.45. The van der Waals surface area contributed by atoms with Crippen LogP contribution in [0, 0.1) is 0 Å². The highest BCUT2D eigenvalue weighted by atomic mass is 16.7. The molecule has 3 aliphatic heterocycles. The van der Waals surface area contributed by atoms with E-state index in [2.05, 4.69) is 47.4 Å². The van der Waals surface area contributed by atoms with Crippen LogP contribution < -0.4 is 0 Å². The minimum absolute atomic E-state index is 0.291. The lowest BCUT2D eigenvalue weighted by molar-refractivity contribution is -0.100. The molecule has 2 atom stereocenters. The van der Waals surface area contributed by atoms with Gasteiger partial charge in [-0.3, -0.25) is 4.90 Å². The van der Waals surface area contributed by atoms with E-state index >= 15 is 0 Å².